The van der Waals surface area contributed by atoms with Crippen molar-refractivity contribution in [2.75, 3.05) is 6.54 Å². The number of halogens is 1. The fourth-order valence-corrected chi connectivity index (χ4v) is 4.92. The normalized spacial score (nSPS) is 17.5. The summed E-state index contributed by atoms with van der Waals surface area (Å²) in [5, 5.41) is 3.96. The van der Waals surface area contributed by atoms with Gasteiger partial charge in [-0.25, -0.2) is 12.8 Å². The highest BCUT2D eigenvalue weighted by Crippen LogP contribution is 2.35. The molecule has 0 aliphatic carbocycles. The van der Waals surface area contributed by atoms with Crippen molar-refractivity contribution in [3.05, 3.63) is 71.6 Å². The average Bonchev–Trinajstić information content (AvgIpc) is 3.37. The van der Waals surface area contributed by atoms with Crippen LogP contribution in [-0.2, 0) is 16.6 Å². The molecule has 152 valence electrons. The van der Waals surface area contributed by atoms with Crippen LogP contribution in [0.2, 0.25) is 0 Å². The number of ether oxygens (including phenoxy) is 1. The summed E-state index contributed by atoms with van der Waals surface area (Å²) in [6, 6.07) is 11.8. The lowest BCUT2D eigenvalue weighted by atomic mass is 10.2. The molecule has 4 rings (SSSR count). The Morgan fingerprint density at radius 3 is 2.62 bits per heavy atom. The smallest absolute Gasteiger partial charge is 0.264 e. The second-order valence-electron chi connectivity index (χ2n) is 6.88. The van der Waals surface area contributed by atoms with Crippen LogP contribution in [0.3, 0.4) is 0 Å². The van der Waals surface area contributed by atoms with Crippen LogP contribution in [0.1, 0.15) is 36.2 Å². The van der Waals surface area contributed by atoms with Gasteiger partial charge in [0.2, 0.25) is 10.0 Å². The van der Waals surface area contributed by atoms with E-state index in [1.54, 1.807) is 0 Å². The molecule has 1 fully saturated rings. The lowest BCUT2D eigenvalue weighted by Crippen LogP contribution is -2.31. The van der Waals surface area contributed by atoms with Crippen molar-refractivity contribution in [1.29, 1.82) is 0 Å². The summed E-state index contributed by atoms with van der Waals surface area (Å²) in [5.74, 6) is 0.761. The fourth-order valence-electron chi connectivity index (χ4n) is 3.27. The van der Waals surface area contributed by atoms with E-state index < -0.39 is 21.9 Å². The first-order chi connectivity index (χ1) is 13.9. The summed E-state index contributed by atoms with van der Waals surface area (Å²) in [6.45, 7) is 2.42. The van der Waals surface area contributed by atoms with Crippen molar-refractivity contribution in [3.63, 3.8) is 0 Å². The Morgan fingerprint density at radius 1 is 1.17 bits per heavy atom. The third-order valence-corrected chi connectivity index (χ3v) is 6.71. The van der Waals surface area contributed by atoms with Gasteiger partial charge in [0.15, 0.2) is 12.4 Å². The first kappa shape index (κ1) is 19.5. The fraction of sp³-hybridized carbons (Fsp3) is 0.300. The topological polar surface area (TPSA) is 85.5 Å². The SMILES string of the molecule is Cc1ccc(OCc2nc(C3CCCN3S(=O)(=O)c3ccc(F)cc3)no2)cc1. The van der Waals surface area contributed by atoms with Crippen molar-refractivity contribution in [2.45, 2.75) is 37.3 Å². The van der Waals surface area contributed by atoms with E-state index in [1.165, 1.54) is 16.4 Å². The van der Waals surface area contributed by atoms with Gasteiger partial charge < -0.3 is 9.26 Å². The van der Waals surface area contributed by atoms with E-state index in [0.717, 1.165) is 17.7 Å². The zero-order valence-corrected chi connectivity index (χ0v) is 16.6. The molecule has 2 aromatic carbocycles. The molecule has 9 heteroatoms. The van der Waals surface area contributed by atoms with Gasteiger partial charge in [-0.3, -0.25) is 0 Å². The monoisotopic (exact) mass is 417 g/mol. The van der Waals surface area contributed by atoms with Gasteiger partial charge in [0, 0.05) is 6.54 Å². The maximum Gasteiger partial charge on any atom is 0.264 e. The molecule has 1 saturated heterocycles. The molecular formula is C20H20FN3O4S. The van der Waals surface area contributed by atoms with Crippen LogP contribution in [0.5, 0.6) is 5.75 Å². The van der Waals surface area contributed by atoms with E-state index in [1.807, 2.05) is 31.2 Å². The third-order valence-electron chi connectivity index (χ3n) is 4.79. The number of rotatable bonds is 6. The van der Waals surface area contributed by atoms with Gasteiger partial charge in [0.25, 0.3) is 5.89 Å². The van der Waals surface area contributed by atoms with E-state index in [9.17, 15) is 12.8 Å². The Morgan fingerprint density at radius 2 is 1.90 bits per heavy atom. The van der Waals surface area contributed by atoms with Crippen LogP contribution < -0.4 is 4.74 Å². The lowest BCUT2D eigenvalue weighted by Gasteiger charge is -2.21. The minimum absolute atomic E-state index is 0.0391. The molecule has 29 heavy (non-hydrogen) atoms. The van der Waals surface area contributed by atoms with Crippen LogP contribution in [0.25, 0.3) is 0 Å². The van der Waals surface area contributed by atoms with Crippen molar-refractivity contribution in [2.24, 2.45) is 0 Å². The highest BCUT2D eigenvalue weighted by atomic mass is 32.2. The van der Waals surface area contributed by atoms with Crippen molar-refractivity contribution >= 4 is 10.0 Å². The summed E-state index contributed by atoms with van der Waals surface area (Å²) in [6.07, 6.45) is 1.26. The van der Waals surface area contributed by atoms with Crippen LogP contribution >= 0.6 is 0 Å². The van der Waals surface area contributed by atoms with Gasteiger partial charge in [-0.1, -0.05) is 22.9 Å². The maximum atomic E-state index is 13.2. The molecule has 1 atom stereocenters. The molecule has 1 aliphatic heterocycles. The number of hydrogen-bond acceptors (Lipinski definition) is 6. The number of sulfonamides is 1. The van der Waals surface area contributed by atoms with Crippen LogP contribution in [0, 0.1) is 12.7 Å². The molecule has 1 aromatic heterocycles. The molecular weight excluding hydrogens is 397 g/mol. The van der Waals surface area contributed by atoms with Gasteiger partial charge in [-0.15, -0.1) is 0 Å². The Kier molecular flexibility index (Phi) is 5.33. The number of benzene rings is 2. The molecule has 0 radical (unpaired) electrons. The van der Waals surface area contributed by atoms with Crippen LogP contribution in [0.4, 0.5) is 4.39 Å². The summed E-state index contributed by atoms with van der Waals surface area (Å²) in [7, 11) is -3.79. The van der Waals surface area contributed by atoms with Gasteiger partial charge in [0.05, 0.1) is 10.9 Å². The molecule has 2 heterocycles. The Labute approximate surface area is 168 Å². The number of nitrogens with zero attached hydrogens (tertiary/aromatic N) is 3. The van der Waals surface area contributed by atoms with Crippen molar-refractivity contribution in [3.8, 4) is 5.75 Å². The molecule has 1 unspecified atom stereocenters. The maximum absolute atomic E-state index is 13.2. The highest BCUT2D eigenvalue weighted by Gasteiger charge is 2.38. The van der Waals surface area contributed by atoms with Gasteiger partial charge >= 0.3 is 0 Å². The number of aromatic nitrogens is 2. The molecule has 0 bridgehead atoms. The Balaban J connectivity index is 1.49. The highest BCUT2D eigenvalue weighted by molar-refractivity contribution is 7.89. The molecule has 3 aromatic rings. The Hall–Kier alpha value is -2.78. The second kappa shape index (κ2) is 7.92. The number of aryl methyl sites for hydroxylation is 1. The van der Waals surface area contributed by atoms with E-state index >= 15 is 0 Å². The standard InChI is InChI=1S/C20H20FN3O4S/c1-14-4-8-16(9-5-14)27-13-19-22-20(23-28-19)18-3-2-12-24(18)29(25,26)17-10-6-15(21)7-11-17/h4-11,18H,2-3,12-13H2,1H3. The average molecular weight is 417 g/mol. The van der Waals surface area contributed by atoms with E-state index in [-0.39, 0.29) is 17.4 Å². The first-order valence-electron chi connectivity index (χ1n) is 9.23. The first-order valence-corrected chi connectivity index (χ1v) is 10.7. The number of hydrogen-bond donors (Lipinski definition) is 0. The Bertz CT molecular complexity index is 1080. The zero-order chi connectivity index (χ0) is 20.4. The van der Waals surface area contributed by atoms with Crippen molar-refractivity contribution in [1.82, 2.24) is 14.4 Å². The van der Waals surface area contributed by atoms with Crippen LogP contribution in [-0.4, -0.2) is 29.4 Å². The molecule has 0 amide bonds. The zero-order valence-electron chi connectivity index (χ0n) is 15.8. The molecule has 7 nitrogen and oxygen atoms in total. The summed E-state index contributed by atoms with van der Waals surface area (Å²) in [4.78, 5) is 4.37. The predicted molar refractivity (Wildman–Crippen MR) is 102 cm³/mol. The largest absolute Gasteiger partial charge is 0.484 e. The van der Waals surface area contributed by atoms with E-state index in [0.29, 0.717) is 31.0 Å². The third kappa shape index (κ3) is 4.15. The van der Waals surface area contributed by atoms with Gasteiger partial charge in [0.1, 0.15) is 11.6 Å². The summed E-state index contributed by atoms with van der Waals surface area (Å²) >= 11 is 0. The van der Waals surface area contributed by atoms with E-state index in [2.05, 4.69) is 10.1 Å². The second-order valence-corrected chi connectivity index (χ2v) is 8.77. The molecule has 1 aliphatic rings. The lowest BCUT2D eigenvalue weighted by molar-refractivity contribution is 0.241. The predicted octanol–water partition coefficient (Wildman–Crippen LogP) is 3.62. The van der Waals surface area contributed by atoms with Gasteiger partial charge in [-0.05, 0) is 56.2 Å². The minimum atomic E-state index is -3.79. The molecule has 0 saturated carbocycles. The van der Waals surface area contributed by atoms with Crippen LogP contribution in [0.15, 0.2) is 57.9 Å². The minimum Gasteiger partial charge on any atom is -0.484 e. The molecule has 0 N–H and O–H groups in total. The van der Waals surface area contributed by atoms with E-state index in [4.69, 9.17) is 9.26 Å². The van der Waals surface area contributed by atoms with Gasteiger partial charge in [-0.2, -0.15) is 9.29 Å². The summed E-state index contributed by atoms with van der Waals surface area (Å²) in [5.41, 5.74) is 1.13. The molecule has 0 spiro atoms. The summed E-state index contributed by atoms with van der Waals surface area (Å²) < 4.78 is 51.3. The quantitative estimate of drug-likeness (QED) is 0.609. The van der Waals surface area contributed by atoms with Crippen molar-refractivity contribution < 1.29 is 22.1 Å².